The van der Waals surface area contributed by atoms with Gasteiger partial charge in [-0.15, -0.1) is 0 Å². The van der Waals surface area contributed by atoms with Crippen LogP contribution in [0.1, 0.15) is 35.2 Å². The second kappa shape index (κ2) is 7.87. The Balaban J connectivity index is 1.96. The minimum Gasteiger partial charge on any atom is -0.326 e. The maximum Gasteiger partial charge on any atom is 0.224 e. The number of nitrogens with one attached hydrogen (secondary N) is 1. The van der Waals surface area contributed by atoms with E-state index < -0.39 is 0 Å². The lowest BCUT2D eigenvalue weighted by Gasteiger charge is -2.06. The lowest BCUT2D eigenvalue weighted by molar-refractivity contribution is -0.115. The number of aryl methyl sites for hydroxylation is 2. The minimum absolute atomic E-state index is 0.0253. The van der Waals surface area contributed by atoms with Crippen LogP contribution in [-0.2, 0) is 4.79 Å². The third-order valence-corrected chi connectivity index (χ3v) is 4.02. The van der Waals surface area contributed by atoms with Gasteiger partial charge >= 0.3 is 0 Å². The van der Waals surface area contributed by atoms with Crippen molar-refractivity contribution in [2.45, 2.75) is 32.2 Å². The number of thioether (sulfide) groups is 1. The maximum absolute atomic E-state index is 12.2. The number of Topliss-reactive ketones (excluding diaryl/α,β-unsaturated/α-hetero) is 1. The lowest BCUT2D eigenvalue weighted by atomic mass is 10.1. The number of hydrogen-bond donors (Lipinski definition) is 1. The predicted octanol–water partition coefficient (Wildman–Crippen LogP) is 3.42. The quantitative estimate of drug-likeness (QED) is 0.499. The number of ketones is 1. The Morgan fingerprint density at radius 1 is 1.13 bits per heavy atom. The molecule has 0 radical (unpaired) electrons. The normalized spacial score (nSPS) is 10.4. The van der Waals surface area contributed by atoms with Gasteiger partial charge in [0.2, 0.25) is 5.91 Å². The number of nitrogens with zero attached hydrogens (tertiary/aromatic N) is 2. The molecule has 6 heteroatoms. The standard InChI is InChI=1S/C17H19N3O2S/c1-4-16(22)20-14-7-5-13(6-8-14)15(21)10-23-17-9-11(2)18-12(3)19-17/h5-9H,4,10H2,1-3H3,(H,20,22). The first-order valence-electron chi connectivity index (χ1n) is 7.36. The first-order valence-corrected chi connectivity index (χ1v) is 8.34. The molecule has 0 aliphatic heterocycles. The lowest BCUT2D eigenvalue weighted by Crippen LogP contribution is -2.09. The summed E-state index contributed by atoms with van der Waals surface area (Å²) in [6.45, 7) is 5.53. The molecule has 0 spiro atoms. The highest BCUT2D eigenvalue weighted by molar-refractivity contribution is 7.99. The van der Waals surface area contributed by atoms with E-state index in [1.165, 1.54) is 11.8 Å². The van der Waals surface area contributed by atoms with Crippen LogP contribution >= 0.6 is 11.8 Å². The summed E-state index contributed by atoms with van der Waals surface area (Å²) >= 11 is 1.40. The van der Waals surface area contributed by atoms with Gasteiger partial charge in [-0.05, 0) is 44.2 Å². The maximum atomic E-state index is 12.2. The van der Waals surface area contributed by atoms with E-state index in [9.17, 15) is 9.59 Å². The highest BCUT2D eigenvalue weighted by Crippen LogP contribution is 2.19. The van der Waals surface area contributed by atoms with Crippen molar-refractivity contribution in [3.63, 3.8) is 0 Å². The fraction of sp³-hybridized carbons (Fsp3) is 0.294. The summed E-state index contributed by atoms with van der Waals surface area (Å²) in [7, 11) is 0. The van der Waals surface area contributed by atoms with Gasteiger partial charge in [-0.25, -0.2) is 9.97 Å². The summed E-state index contributed by atoms with van der Waals surface area (Å²) in [5.41, 5.74) is 2.21. The third-order valence-electron chi connectivity index (χ3n) is 3.11. The van der Waals surface area contributed by atoms with Crippen LogP contribution in [0.25, 0.3) is 0 Å². The monoisotopic (exact) mass is 329 g/mol. The van der Waals surface area contributed by atoms with Crippen LogP contribution < -0.4 is 5.32 Å². The number of anilines is 1. The van der Waals surface area contributed by atoms with E-state index in [0.29, 0.717) is 29.2 Å². The summed E-state index contributed by atoms with van der Waals surface area (Å²) < 4.78 is 0. The van der Waals surface area contributed by atoms with Crippen LogP contribution in [0.15, 0.2) is 35.4 Å². The molecule has 0 unspecified atom stereocenters. The van der Waals surface area contributed by atoms with Gasteiger partial charge in [0.05, 0.1) is 5.75 Å². The van der Waals surface area contributed by atoms with Crippen molar-refractivity contribution in [1.82, 2.24) is 9.97 Å². The molecule has 0 fully saturated rings. The van der Waals surface area contributed by atoms with Crippen LogP contribution in [-0.4, -0.2) is 27.4 Å². The molecule has 1 aromatic heterocycles. The van der Waals surface area contributed by atoms with E-state index in [2.05, 4.69) is 15.3 Å². The molecule has 0 bridgehead atoms. The summed E-state index contributed by atoms with van der Waals surface area (Å²) in [4.78, 5) is 32.1. The van der Waals surface area contributed by atoms with Crippen molar-refractivity contribution in [3.8, 4) is 0 Å². The van der Waals surface area contributed by atoms with Gasteiger partial charge in [0.15, 0.2) is 5.78 Å². The highest BCUT2D eigenvalue weighted by Gasteiger charge is 2.09. The topological polar surface area (TPSA) is 72.0 Å². The van der Waals surface area contributed by atoms with Crippen LogP contribution in [0.2, 0.25) is 0 Å². The van der Waals surface area contributed by atoms with E-state index >= 15 is 0 Å². The summed E-state index contributed by atoms with van der Waals surface area (Å²) in [6, 6.07) is 8.80. The number of rotatable bonds is 6. The van der Waals surface area contributed by atoms with E-state index in [-0.39, 0.29) is 11.7 Å². The Kier molecular flexibility index (Phi) is 5.87. The number of amides is 1. The number of benzene rings is 1. The molecule has 0 saturated carbocycles. The third kappa shape index (κ3) is 5.17. The average Bonchev–Trinajstić information content (AvgIpc) is 2.52. The molecular formula is C17H19N3O2S. The SMILES string of the molecule is CCC(=O)Nc1ccc(C(=O)CSc2cc(C)nc(C)n2)cc1. The minimum atomic E-state index is -0.0471. The molecular weight excluding hydrogens is 310 g/mol. The molecule has 2 rings (SSSR count). The van der Waals surface area contributed by atoms with Gasteiger partial charge in [-0.2, -0.15) is 0 Å². The van der Waals surface area contributed by atoms with Gasteiger partial charge in [-0.1, -0.05) is 18.7 Å². The molecule has 0 aliphatic rings. The van der Waals surface area contributed by atoms with E-state index in [1.807, 2.05) is 19.9 Å². The Bertz CT molecular complexity index is 694. The van der Waals surface area contributed by atoms with Crippen LogP contribution in [0.4, 0.5) is 5.69 Å². The van der Waals surface area contributed by atoms with E-state index in [4.69, 9.17) is 0 Å². The van der Waals surface area contributed by atoms with E-state index in [0.717, 1.165) is 10.7 Å². The average molecular weight is 329 g/mol. The number of hydrogen-bond acceptors (Lipinski definition) is 5. The molecule has 1 aromatic carbocycles. The van der Waals surface area contributed by atoms with Gasteiger partial charge in [-0.3, -0.25) is 9.59 Å². The molecule has 5 nitrogen and oxygen atoms in total. The smallest absolute Gasteiger partial charge is 0.224 e. The molecule has 23 heavy (non-hydrogen) atoms. The molecule has 1 amide bonds. The first-order chi connectivity index (χ1) is 11.0. The fourth-order valence-corrected chi connectivity index (χ4v) is 2.86. The zero-order valence-electron chi connectivity index (χ0n) is 13.4. The number of carbonyl (C=O) groups excluding carboxylic acids is 2. The molecule has 120 valence electrons. The Morgan fingerprint density at radius 2 is 1.83 bits per heavy atom. The second-order valence-corrected chi connectivity index (χ2v) is 6.08. The van der Waals surface area contributed by atoms with Crippen molar-refractivity contribution in [3.05, 3.63) is 47.4 Å². The summed E-state index contributed by atoms with van der Waals surface area (Å²) in [6.07, 6.45) is 0.426. The highest BCUT2D eigenvalue weighted by atomic mass is 32.2. The molecule has 1 N–H and O–H groups in total. The Labute approximate surface area is 139 Å². The van der Waals surface area contributed by atoms with Crippen molar-refractivity contribution in [2.24, 2.45) is 0 Å². The van der Waals surface area contributed by atoms with Crippen molar-refractivity contribution >= 4 is 29.1 Å². The number of aromatic nitrogens is 2. The molecule has 1 heterocycles. The molecule has 0 atom stereocenters. The van der Waals surface area contributed by atoms with Crippen molar-refractivity contribution < 1.29 is 9.59 Å². The van der Waals surface area contributed by atoms with Gasteiger partial charge in [0.1, 0.15) is 10.9 Å². The van der Waals surface area contributed by atoms with Gasteiger partial charge in [0, 0.05) is 23.4 Å². The second-order valence-electron chi connectivity index (χ2n) is 5.09. The first kappa shape index (κ1) is 17.1. The predicted molar refractivity (Wildman–Crippen MR) is 91.9 cm³/mol. The van der Waals surface area contributed by atoms with E-state index in [1.54, 1.807) is 31.2 Å². The van der Waals surface area contributed by atoms with Gasteiger partial charge < -0.3 is 5.32 Å². The Hall–Kier alpha value is -2.21. The fourth-order valence-electron chi connectivity index (χ4n) is 1.97. The van der Waals surface area contributed by atoms with Gasteiger partial charge in [0.25, 0.3) is 0 Å². The Morgan fingerprint density at radius 3 is 2.43 bits per heavy atom. The molecule has 0 saturated heterocycles. The molecule has 0 aliphatic carbocycles. The van der Waals surface area contributed by atoms with Crippen molar-refractivity contribution in [2.75, 3.05) is 11.1 Å². The largest absolute Gasteiger partial charge is 0.326 e. The zero-order valence-corrected chi connectivity index (χ0v) is 14.2. The number of carbonyl (C=O) groups is 2. The summed E-state index contributed by atoms with van der Waals surface area (Å²) in [5, 5.41) is 3.56. The zero-order chi connectivity index (χ0) is 16.8. The van der Waals surface area contributed by atoms with Crippen LogP contribution in [0.3, 0.4) is 0 Å². The summed E-state index contributed by atoms with van der Waals surface area (Å²) in [5.74, 6) is 0.999. The molecule has 2 aromatic rings. The van der Waals surface area contributed by atoms with Crippen LogP contribution in [0.5, 0.6) is 0 Å². The van der Waals surface area contributed by atoms with Crippen molar-refractivity contribution in [1.29, 1.82) is 0 Å². The van der Waals surface area contributed by atoms with Crippen LogP contribution in [0, 0.1) is 13.8 Å².